The molecule has 138 valence electrons. The molecule has 0 saturated heterocycles. The van der Waals surface area contributed by atoms with Crippen molar-refractivity contribution >= 4 is 29.0 Å². The fourth-order valence-electron chi connectivity index (χ4n) is 2.45. The van der Waals surface area contributed by atoms with Gasteiger partial charge in [-0.2, -0.15) is 0 Å². The van der Waals surface area contributed by atoms with Crippen LogP contribution in [0.25, 0.3) is 10.4 Å². The Morgan fingerprint density at radius 1 is 1.11 bits per heavy atom. The first kappa shape index (κ1) is 18.5. The summed E-state index contributed by atoms with van der Waals surface area (Å²) in [6, 6.07) is 15.8. The minimum Gasteiger partial charge on any atom is -0.506 e. The predicted octanol–water partition coefficient (Wildman–Crippen LogP) is 4.23. The van der Waals surface area contributed by atoms with Gasteiger partial charge in [-0.25, -0.2) is 4.79 Å². The first-order valence-corrected chi connectivity index (χ1v) is 9.04. The van der Waals surface area contributed by atoms with E-state index in [9.17, 15) is 14.7 Å². The summed E-state index contributed by atoms with van der Waals surface area (Å²) in [6.45, 7) is 0.304. The number of thiophene rings is 1. The molecule has 1 heterocycles. The Balaban J connectivity index is 1.70. The van der Waals surface area contributed by atoms with Crippen molar-refractivity contribution in [3.8, 4) is 16.2 Å². The van der Waals surface area contributed by atoms with E-state index in [1.54, 1.807) is 53.8 Å². The number of amides is 2. The number of hydrogen-bond acceptors (Lipinski definition) is 5. The second kappa shape index (κ2) is 8.37. The van der Waals surface area contributed by atoms with Crippen LogP contribution < -0.4 is 10.6 Å². The summed E-state index contributed by atoms with van der Waals surface area (Å²) >= 11 is 1.58. The number of phenolic OH excluding ortho intramolecular Hbond substituents is 1. The highest BCUT2D eigenvalue weighted by molar-refractivity contribution is 7.13. The second-order valence-electron chi connectivity index (χ2n) is 5.71. The Kier molecular flexibility index (Phi) is 5.73. The molecule has 1 aromatic heterocycles. The van der Waals surface area contributed by atoms with Gasteiger partial charge >= 0.3 is 6.09 Å². The van der Waals surface area contributed by atoms with Gasteiger partial charge in [0.05, 0.1) is 12.8 Å². The van der Waals surface area contributed by atoms with Crippen LogP contribution in [0.3, 0.4) is 0 Å². The lowest BCUT2D eigenvalue weighted by Crippen LogP contribution is -2.22. The van der Waals surface area contributed by atoms with E-state index >= 15 is 0 Å². The third-order valence-corrected chi connectivity index (χ3v) is 4.81. The highest BCUT2D eigenvalue weighted by atomic mass is 32.1. The summed E-state index contributed by atoms with van der Waals surface area (Å²) in [5.74, 6) is -0.330. The van der Waals surface area contributed by atoms with Crippen molar-refractivity contribution in [2.45, 2.75) is 6.54 Å². The van der Waals surface area contributed by atoms with E-state index in [1.165, 1.54) is 7.11 Å². The number of carbonyl (C=O) groups is 2. The highest BCUT2D eigenvalue weighted by Crippen LogP contribution is 2.32. The fourth-order valence-corrected chi connectivity index (χ4v) is 3.17. The number of carbonyl (C=O) groups excluding carboxylic acids is 2. The van der Waals surface area contributed by atoms with Crippen LogP contribution in [-0.2, 0) is 11.3 Å². The van der Waals surface area contributed by atoms with Gasteiger partial charge in [0, 0.05) is 17.0 Å². The number of ether oxygens (including phenoxy) is 1. The van der Waals surface area contributed by atoms with Crippen LogP contribution in [-0.4, -0.2) is 24.2 Å². The predicted molar refractivity (Wildman–Crippen MR) is 105 cm³/mol. The lowest BCUT2D eigenvalue weighted by atomic mass is 10.1. The van der Waals surface area contributed by atoms with Crippen molar-refractivity contribution in [1.29, 1.82) is 0 Å². The van der Waals surface area contributed by atoms with E-state index in [0.29, 0.717) is 17.8 Å². The van der Waals surface area contributed by atoms with Crippen molar-refractivity contribution in [2.75, 3.05) is 12.4 Å². The third kappa shape index (κ3) is 4.65. The molecule has 3 aromatic rings. The molecule has 0 aliphatic heterocycles. The van der Waals surface area contributed by atoms with Crippen molar-refractivity contribution in [3.63, 3.8) is 0 Å². The average Bonchev–Trinajstić information content (AvgIpc) is 3.23. The Labute approximate surface area is 160 Å². The second-order valence-corrected chi connectivity index (χ2v) is 6.65. The summed E-state index contributed by atoms with van der Waals surface area (Å²) in [5.41, 5.74) is 2.54. The number of aromatic hydroxyl groups is 1. The van der Waals surface area contributed by atoms with Crippen LogP contribution >= 0.6 is 11.3 Å². The first-order chi connectivity index (χ1) is 13.1. The van der Waals surface area contributed by atoms with Gasteiger partial charge in [0.2, 0.25) is 0 Å². The standard InChI is InChI=1S/C20H18N2O4S/c1-26-20(25)21-12-13-4-6-14(7-5-13)19(24)22-16-11-15(8-9-17(16)23)18-3-2-10-27-18/h2-11,23H,12H2,1H3,(H,21,25)(H,22,24). The van der Waals surface area contributed by atoms with E-state index in [-0.39, 0.29) is 11.7 Å². The van der Waals surface area contributed by atoms with Crippen molar-refractivity contribution in [3.05, 3.63) is 71.1 Å². The van der Waals surface area contributed by atoms with E-state index in [2.05, 4.69) is 15.4 Å². The Morgan fingerprint density at radius 2 is 1.89 bits per heavy atom. The molecule has 3 N–H and O–H groups in total. The van der Waals surface area contributed by atoms with Crippen LogP contribution in [0.4, 0.5) is 10.5 Å². The zero-order valence-corrected chi connectivity index (χ0v) is 15.4. The molecule has 0 radical (unpaired) electrons. The Hall–Kier alpha value is -3.32. The van der Waals surface area contributed by atoms with E-state index in [1.807, 2.05) is 17.5 Å². The van der Waals surface area contributed by atoms with Crippen molar-refractivity contribution in [2.24, 2.45) is 0 Å². The summed E-state index contributed by atoms with van der Waals surface area (Å²) in [7, 11) is 1.30. The van der Waals surface area contributed by atoms with Crippen LogP contribution in [0.5, 0.6) is 5.75 Å². The molecule has 2 amide bonds. The molecule has 0 spiro atoms. The molecule has 0 aliphatic carbocycles. The number of benzene rings is 2. The fraction of sp³-hybridized carbons (Fsp3) is 0.100. The van der Waals surface area contributed by atoms with Crippen LogP contribution in [0.1, 0.15) is 15.9 Å². The molecule has 0 saturated carbocycles. The molecule has 0 bridgehead atoms. The molecular formula is C20H18N2O4S. The van der Waals surface area contributed by atoms with Gasteiger partial charge in [0.15, 0.2) is 0 Å². The van der Waals surface area contributed by atoms with E-state index in [4.69, 9.17) is 0 Å². The normalized spacial score (nSPS) is 10.3. The van der Waals surface area contributed by atoms with Gasteiger partial charge < -0.3 is 20.5 Å². The van der Waals surface area contributed by atoms with E-state index < -0.39 is 6.09 Å². The minimum absolute atomic E-state index is 0.00237. The quantitative estimate of drug-likeness (QED) is 0.576. The highest BCUT2D eigenvalue weighted by Gasteiger charge is 2.11. The van der Waals surface area contributed by atoms with Gasteiger partial charge in [-0.1, -0.05) is 18.2 Å². The molecule has 0 unspecified atom stereocenters. The number of rotatable bonds is 5. The van der Waals surface area contributed by atoms with Gasteiger partial charge in [-0.05, 0) is 52.9 Å². The molecule has 0 fully saturated rings. The Morgan fingerprint density at radius 3 is 2.56 bits per heavy atom. The maximum absolute atomic E-state index is 12.5. The van der Waals surface area contributed by atoms with Gasteiger partial charge in [0.25, 0.3) is 5.91 Å². The molecule has 3 rings (SSSR count). The van der Waals surface area contributed by atoms with Crippen molar-refractivity contribution in [1.82, 2.24) is 5.32 Å². The minimum atomic E-state index is -0.516. The maximum Gasteiger partial charge on any atom is 0.407 e. The smallest absolute Gasteiger partial charge is 0.407 e. The largest absolute Gasteiger partial charge is 0.506 e. The van der Waals surface area contributed by atoms with Gasteiger partial charge in [0.1, 0.15) is 5.75 Å². The lowest BCUT2D eigenvalue weighted by Gasteiger charge is -2.10. The zero-order valence-electron chi connectivity index (χ0n) is 14.6. The molecule has 6 nitrogen and oxygen atoms in total. The van der Waals surface area contributed by atoms with Crippen LogP contribution in [0, 0.1) is 0 Å². The van der Waals surface area contributed by atoms with Crippen LogP contribution in [0.2, 0.25) is 0 Å². The molecule has 0 atom stereocenters. The summed E-state index contributed by atoms with van der Waals surface area (Å²) < 4.78 is 4.51. The number of phenols is 1. The van der Waals surface area contributed by atoms with Crippen LogP contribution in [0.15, 0.2) is 60.0 Å². The monoisotopic (exact) mass is 382 g/mol. The summed E-state index contributed by atoms with van der Waals surface area (Å²) in [4.78, 5) is 24.6. The average molecular weight is 382 g/mol. The molecule has 0 aliphatic rings. The summed E-state index contributed by atoms with van der Waals surface area (Å²) in [6.07, 6.45) is -0.516. The lowest BCUT2D eigenvalue weighted by molar-refractivity contribution is 0.102. The third-order valence-electron chi connectivity index (χ3n) is 3.89. The number of anilines is 1. The Bertz CT molecular complexity index is 937. The number of alkyl carbamates (subject to hydrolysis) is 1. The molecule has 27 heavy (non-hydrogen) atoms. The van der Waals surface area contributed by atoms with E-state index in [0.717, 1.165) is 16.0 Å². The zero-order chi connectivity index (χ0) is 19.2. The first-order valence-electron chi connectivity index (χ1n) is 8.16. The number of hydrogen-bond donors (Lipinski definition) is 3. The topological polar surface area (TPSA) is 87.7 Å². The molecule has 2 aromatic carbocycles. The molecular weight excluding hydrogens is 364 g/mol. The molecule has 7 heteroatoms. The van der Waals surface area contributed by atoms with Gasteiger partial charge in [-0.3, -0.25) is 4.79 Å². The SMILES string of the molecule is COC(=O)NCc1ccc(C(=O)Nc2cc(-c3cccs3)ccc2O)cc1. The summed E-state index contributed by atoms with van der Waals surface area (Å²) in [5, 5.41) is 17.3. The van der Waals surface area contributed by atoms with Gasteiger partial charge in [-0.15, -0.1) is 11.3 Å². The van der Waals surface area contributed by atoms with Crippen molar-refractivity contribution < 1.29 is 19.4 Å². The number of methoxy groups -OCH3 is 1. The maximum atomic E-state index is 12.5. The number of nitrogens with one attached hydrogen (secondary N) is 2.